The van der Waals surface area contributed by atoms with Crippen LogP contribution in [-0.4, -0.2) is 21.6 Å². The molecule has 2 aromatic heterocycles. The van der Waals surface area contributed by atoms with Crippen LogP contribution in [0.25, 0.3) is 11.5 Å². The molecule has 1 N–H and O–H groups in total. The van der Waals surface area contributed by atoms with Crippen LogP contribution in [0.5, 0.6) is 0 Å². The van der Waals surface area contributed by atoms with E-state index in [4.69, 9.17) is 4.42 Å². The van der Waals surface area contributed by atoms with E-state index in [9.17, 15) is 18.0 Å². The minimum Gasteiger partial charge on any atom is -0.463 e. The SMILES string of the molecule is C[C@@H](NC(=O)CSc1nc(-c2ccco2)cc(C(F)(F)F)n1)c1ccccc1. The summed E-state index contributed by atoms with van der Waals surface area (Å²) in [5, 5.41) is 2.65. The zero-order valence-corrected chi connectivity index (χ0v) is 15.6. The summed E-state index contributed by atoms with van der Waals surface area (Å²) in [5.41, 5.74) is -0.154. The van der Waals surface area contributed by atoms with Crippen LogP contribution in [0.4, 0.5) is 13.2 Å². The third kappa shape index (κ3) is 5.13. The van der Waals surface area contributed by atoms with Gasteiger partial charge < -0.3 is 9.73 Å². The van der Waals surface area contributed by atoms with Crippen LogP contribution in [0.2, 0.25) is 0 Å². The molecule has 1 amide bonds. The molecule has 1 aromatic carbocycles. The molecule has 3 aromatic rings. The lowest BCUT2D eigenvalue weighted by Crippen LogP contribution is -2.28. The average molecular weight is 407 g/mol. The summed E-state index contributed by atoms with van der Waals surface area (Å²) < 4.78 is 44.5. The maximum atomic E-state index is 13.1. The van der Waals surface area contributed by atoms with Crippen molar-refractivity contribution in [3.8, 4) is 11.5 Å². The number of carbonyl (C=O) groups excluding carboxylic acids is 1. The molecule has 0 saturated carbocycles. The topological polar surface area (TPSA) is 68.0 Å². The van der Waals surface area contributed by atoms with Crippen molar-refractivity contribution in [3.63, 3.8) is 0 Å². The van der Waals surface area contributed by atoms with Crippen molar-refractivity contribution < 1.29 is 22.4 Å². The third-order valence-corrected chi connectivity index (χ3v) is 4.63. The van der Waals surface area contributed by atoms with E-state index < -0.39 is 11.9 Å². The van der Waals surface area contributed by atoms with Crippen molar-refractivity contribution in [2.24, 2.45) is 0 Å². The van der Waals surface area contributed by atoms with Crippen molar-refractivity contribution in [2.75, 3.05) is 5.75 Å². The molecule has 9 heteroatoms. The Morgan fingerprint density at radius 1 is 1.18 bits per heavy atom. The quantitative estimate of drug-likeness (QED) is 0.473. The first kappa shape index (κ1) is 19.9. The minimum absolute atomic E-state index is 0.00730. The van der Waals surface area contributed by atoms with Crippen LogP contribution < -0.4 is 5.32 Å². The van der Waals surface area contributed by atoms with E-state index in [0.717, 1.165) is 23.4 Å². The van der Waals surface area contributed by atoms with Crippen molar-refractivity contribution >= 4 is 17.7 Å². The summed E-state index contributed by atoms with van der Waals surface area (Å²) in [4.78, 5) is 19.8. The molecule has 3 rings (SSSR count). The minimum atomic E-state index is -4.64. The van der Waals surface area contributed by atoms with Gasteiger partial charge in [-0.3, -0.25) is 4.79 Å². The van der Waals surface area contributed by atoms with E-state index in [1.807, 2.05) is 37.3 Å². The molecule has 0 radical (unpaired) electrons. The molecule has 0 aliphatic heterocycles. The summed E-state index contributed by atoms with van der Waals surface area (Å²) in [6.07, 6.45) is -3.29. The summed E-state index contributed by atoms with van der Waals surface area (Å²) in [7, 11) is 0. The summed E-state index contributed by atoms with van der Waals surface area (Å²) in [6.45, 7) is 1.83. The highest BCUT2D eigenvalue weighted by Crippen LogP contribution is 2.32. The molecule has 28 heavy (non-hydrogen) atoms. The first-order valence-corrected chi connectivity index (χ1v) is 9.29. The Labute approximate surface area is 163 Å². The van der Waals surface area contributed by atoms with Crippen LogP contribution >= 0.6 is 11.8 Å². The lowest BCUT2D eigenvalue weighted by molar-refractivity contribution is -0.141. The van der Waals surface area contributed by atoms with E-state index in [0.29, 0.717) is 0 Å². The Bertz CT molecular complexity index is 931. The Hall–Kier alpha value is -2.81. The van der Waals surface area contributed by atoms with Crippen LogP contribution in [-0.2, 0) is 11.0 Å². The molecule has 0 aliphatic rings. The van der Waals surface area contributed by atoms with Crippen molar-refractivity contribution in [1.29, 1.82) is 0 Å². The zero-order valence-electron chi connectivity index (χ0n) is 14.7. The number of nitrogens with one attached hydrogen (secondary N) is 1. The van der Waals surface area contributed by atoms with Gasteiger partial charge in [0.05, 0.1) is 18.1 Å². The Morgan fingerprint density at radius 3 is 2.57 bits per heavy atom. The molecule has 0 aliphatic carbocycles. The monoisotopic (exact) mass is 407 g/mol. The smallest absolute Gasteiger partial charge is 0.433 e. The largest absolute Gasteiger partial charge is 0.463 e. The Kier molecular flexibility index (Phi) is 6.03. The van der Waals surface area contributed by atoms with E-state index in [1.165, 1.54) is 12.3 Å². The predicted molar refractivity (Wildman–Crippen MR) is 98.5 cm³/mol. The van der Waals surface area contributed by atoms with Gasteiger partial charge in [0, 0.05) is 0 Å². The van der Waals surface area contributed by atoms with Crippen LogP contribution in [0.3, 0.4) is 0 Å². The summed E-state index contributed by atoms with van der Waals surface area (Å²) in [6, 6.07) is 13.0. The van der Waals surface area contributed by atoms with Gasteiger partial charge in [-0.1, -0.05) is 42.1 Å². The molecular weight excluding hydrogens is 391 g/mol. The van der Waals surface area contributed by atoms with Gasteiger partial charge in [0.1, 0.15) is 11.4 Å². The van der Waals surface area contributed by atoms with Gasteiger partial charge >= 0.3 is 6.18 Å². The number of benzene rings is 1. The van der Waals surface area contributed by atoms with E-state index in [-0.39, 0.29) is 34.3 Å². The lowest BCUT2D eigenvalue weighted by atomic mass is 10.1. The standard InChI is InChI=1S/C19H16F3N3O2S/c1-12(13-6-3-2-4-7-13)23-17(26)11-28-18-24-14(15-8-5-9-27-15)10-16(25-18)19(20,21)22/h2-10,12H,11H2,1H3,(H,23,26)/t12-/m1/s1. The molecule has 2 heterocycles. The third-order valence-electron chi connectivity index (χ3n) is 3.78. The second kappa shape index (κ2) is 8.47. The molecule has 1 atom stereocenters. The van der Waals surface area contributed by atoms with Gasteiger partial charge in [-0.25, -0.2) is 9.97 Å². The number of hydrogen-bond donors (Lipinski definition) is 1. The second-order valence-corrected chi connectivity index (χ2v) is 6.83. The van der Waals surface area contributed by atoms with Gasteiger partial charge in [-0.05, 0) is 30.7 Å². The van der Waals surface area contributed by atoms with E-state index in [2.05, 4.69) is 15.3 Å². The molecule has 0 spiro atoms. The highest BCUT2D eigenvalue weighted by molar-refractivity contribution is 7.99. The van der Waals surface area contributed by atoms with E-state index in [1.54, 1.807) is 6.07 Å². The van der Waals surface area contributed by atoms with Crippen LogP contribution in [0, 0.1) is 0 Å². The number of aromatic nitrogens is 2. The molecule has 146 valence electrons. The van der Waals surface area contributed by atoms with Gasteiger partial charge in [0.15, 0.2) is 10.9 Å². The highest BCUT2D eigenvalue weighted by atomic mass is 32.2. The normalized spacial score (nSPS) is 12.6. The number of carbonyl (C=O) groups is 1. The van der Waals surface area contributed by atoms with Crippen molar-refractivity contribution in [2.45, 2.75) is 24.3 Å². The van der Waals surface area contributed by atoms with Crippen molar-refractivity contribution in [3.05, 3.63) is 66.1 Å². The molecular formula is C19H16F3N3O2S. The Balaban J connectivity index is 1.71. The summed E-state index contributed by atoms with van der Waals surface area (Å²) >= 11 is 0.831. The van der Waals surface area contributed by atoms with Gasteiger partial charge in [-0.15, -0.1) is 0 Å². The first-order valence-electron chi connectivity index (χ1n) is 8.30. The maximum Gasteiger partial charge on any atom is 0.433 e. The van der Waals surface area contributed by atoms with Gasteiger partial charge in [0.25, 0.3) is 0 Å². The highest BCUT2D eigenvalue weighted by Gasteiger charge is 2.34. The first-order chi connectivity index (χ1) is 13.3. The lowest BCUT2D eigenvalue weighted by Gasteiger charge is -2.14. The summed E-state index contributed by atoms with van der Waals surface area (Å²) in [5.74, 6) is -0.255. The fourth-order valence-corrected chi connectivity index (χ4v) is 3.09. The van der Waals surface area contributed by atoms with Crippen molar-refractivity contribution in [1.82, 2.24) is 15.3 Å². The number of nitrogens with zero attached hydrogens (tertiary/aromatic N) is 2. The molecule has 5 nitrogen and oxygen atoms in total. The second-order valence-electron chi connectivity index (χ2n) is 5.88. The molecule has 0 saturated heterocycles. The number of hydrogen-bond acceptors (Lipinski definition) is 5. The maximum absolute atomic E-state index is 13.1. The number of rotatable bonds is 6. The molecule has 0 bridgehead atoms. The van der Waals surface area contributed by atoms with Crippen LogP contribution in [0.1, 0.15) is 24.2 Å². The number of halogens is 3. The number of amides is 1. The van der Waals surface area contributed by atoms with Crippen LogP contribution in [0.15, 0.2) is 64.4 Å². The number of alkyl halides is 3. The number of furan rings is 1. The zero-order chi connectivity index (χ0) is 20.1. The predicted octanol–water partition coefficient (Wildman–Crippen LogP) is 4.72. The van der Waals surface area contributed by atoms with Gasteiger partial charge in [-0.2, -0.15) is 13.2 Å². The average Bonchev–Trinajstić information content (AvgIpc) is 3.21. The Morgan fingerprint density at radius 2 is 1.93 bits per heavy atom. The fourth-order valence-electron chi connectivity index (χ4n) is 2.42. The van der Waals surface area contributed by atoms with E-state index >= 15 is 0 Å². The fraction of sp³-hybridized carbons (Fsp3) is 0.211. The molecule has 0 unspecified atom stereocenters. The van der Waals surface area contributed by atoms with Gasteiger partial charge in [0.2, 0.25) is 5.91 Å². The number of thioether (sulfide) groups is 1. The molecule has 0 fully saturated rings.